The molecule has 1 aromatic carbocycles. The van der Waals surface area contributed by atoms with Gasteiger partial charge in [0.05, 0.1) is 25.1 Å². The molecule has 1 aromatic heterocycles. The van der Waals surface area contributed by atoms with Crippen LogP contribution in [0, 0.1) is 0 Å². The van der Waals surface area contributed by atoms with Crippen molar-refractivity contribution in [3.63, 3.8) is 0 Å². The van der Waals surface area contributed by atoms with Crippen LogP contribution in [0.5, 0.6) is 0 Å². The molecular formula is C20H24N4O4S. The normalized spacial score (nSPS) is 14.8. The highest BCUT2D eigenvalue weighted by atomic mass is 32.2. The van der Waals surface area contributed by atoms with Crippen LogP contribution in [0.25, 0.3) is 6.08 Å². The number of aromatic nitrogens is 1. The Labute approximate surface area is 170 Å². The molecule has 1 saturated heterocycles. The van der Waals surface area contributed by atoms with Crippen LogP contribution in [0.3, 0.4) is 0 Å². The number of rotatable bonds is 8. The van der Waals surface area contributed by atoms with Crippen LogP contribution in [0.1, 0.15) is 12.0 Å². The summed E-state index contributed by atoms with van der Waals surface area (Å²) >= 11 is 0. The molecule has 0 unspecified atom stereocenters. The standard InChI is InChI=1S/C20H24N4O4S/c25-20(8-10-22-29(26,27)15-9-17-4-2-1-3-5-17)23-18-6-7-19(21-16-18)24-11-13-28-14-12-24/h1-7,9,15-16,22H,8,10-14H2,(H,23,25)/b15-9+. The maximum Gasteiger partial charge on any atom is 0.233 e. The minimum atomic E-state index is -3.61. The molecule has 0 spiro atoms. The van der Waals surface area contributed by atoms with Crippen LogP contribution in [0.4, 0.5) is 11.5 Å². The van der Waals surface area contributed by atoms with E-state index in [9.17, 15) is 13.2 Å². The Bertz CT molecular complexity index is 925. The Morgan fingerprint density at radius 1 is 1.14 bits per heavy atom. The van der Waals surface area contributed by atoms with Crippen LogP contribution >= 0.6 is 0 Å². The van der Waals surface area contributed by atoms with Gasteiger partial charge in [0.15, 0.2) is 0 Å². The molecule has 0 atom stereocenters. The number of nitrogens with zero attached hydrogens (tertiary/aromatic N) is 2. The first-order valence-corrected chi connectivity index (χ1v) is 10.9. The Kier molecular flexibility index (Phi) is 7.34. The van der Waals surface area contributed by atoms with E-state index in [1.54, 1.807) is 24.4 Å². The Morgan fingerprint density at radius 3 is 2.59 bits per heavy atom. The maximum absolute atomic E-state index is 12.0. The molecular weight excluding hydrogens is 392 g/mol. The zero-order chi connectivity index (χ0) is 20.5. The van der Waals surface area contributed by atoms with Gasteiger partial charge in [0.2, 0.25) is 15.9 Å². The summed E-state index contributed by atoms with van der Waals surface area (Å²) in [7, 11) is -3.61. The second-order valence-corrected chi connectivity index (χ2v) is 8.11. The van der Waals surface area contributed by atoms with E-state index in [1.807, 2.05) is 24.3 Å². The van der Waals surface area contributed by atoms with Crippen molar-refractivity contribution in [3.05, 3.63) is 59.6 Å². The number of hydrogen-bond acceptors (Lipinski definition) is 6. The molecule has 1 fully saturated rings. The monoisotopic (exact) mass is 416 g/mol. The topological polar surface area (TPSA) is 101 Å². The first-order valence-electron chi connectivity index (χ1n) is 9.33. The van der Waals surface area contributed by atoms with Gasteiger partial charge in [-0.15, -0.1) is 0 Å². The summed E-state index contributed by atoms with van der Waals surface area (Å²) < 4.78 is 31.7. The van der Waals surface area contributed by atoms with Crippen LogP contribution in [0.2, 0.25) is 0 Å². The van der Waals surface area contributed by atoms with Crippen molar-refractivity contribution >= 4 is 33.5 Å². The Balaban J connectivity index is 1.43. The fraction of sp³-hybridized carbons (Fsp3) is 0.300. The number of benzene rings is 1. The highest BCUT2D eigenvalue weighted by Crippen LogP contribution is 2.15. The van der Waals surface area contributed by atoms with Crippen molar-refractivity contribution in [2.24, 2.45) is 0 Å². The minimum Gasteiger partial charge on any atom is -0.378 e. The van der Waals surface area contributed by atoms with Gasteiger partial charge >= 0.3 is 0 Å². The molecule has 2 heterocycles. The summed E-state index contributed by atoms with van der Waals surface area (Å²) in [6, 6.07) is 12.7. The predicted octanol–water partition coefficient (Wildman–Crippen LogP) is 1.84. The minimum absolute atomic E-state index is 0.00653. The number of hydrogen-bond donors (Lipinski definition) is 2. The lowest BCUT2D eigenvalue weighted by atomic mass is 10.2. The third-order valence-electron chi connectivity index (χ3n) is 4.26. The van der Waals surface area contributed by atoms with Crippen molar-refractivity contribution in [1.29, 1.82) is 0 Å². The van der Waals surface area contributed by atoms with Gasteiger partial charge in [-0.2, -0.15) is 0 Å². The van der Waals surface area contributed by atoms with E-state index in [2.05, 4.69) is 19.9 Å². The molecule has 1 aliphatic heterocycles. The van der Waals surface area contributed by atoms with Gasteiger partial charge in [0.1, 0.15) is 5.82 Å². The summed E-state index contributed by atoms with van der Waals surface area (Å²) in [6.07, 6.45) is 3.11. The molecule has 3 rings (SSSR count). The predicted molar refractivity (Wildman–Crippen MR) is 113 cm³/mol. The average Bonchev–Trinajstić information content (AvgIpc) is 2.74. The highest BCUT2D eigenvalue weighted by molar-refractivity contribution is 7.92. The lowest BCUT2D eigenvalue weighted by Crippen LogP contribution is -2.36. The molecule has 154 valence electrons. The summed E-state index contributed by atoms with van der Waals surface area (Å²) in [4.78, 5) is 18.5. The molecule has 29 heavy (non-hydrogen) atoms. The molecule has 2 N–H and O–H groups in total. The first-order chi connectivity index (χ1) is 14.0. The van der Waals surface area contributed by atoms with Crippen molar-refractivity contribution < 1.29 is 17.9 Å². The van der Waals surface area contributed by atoms with E-state index in [-0.39, 0.29) is 18.9 Å². The van der Waals surface area contributed by atoms with Crippen molar-refractivity contribution in [2.75, 3.05) is 43.1 Å². The van der Waals surface area contributed by atoms with E-state index in [1.165, 1.54) is 6.08 Å². The number of amides is 1. The van der Waals surface area contributed by atoms with E-state index < -0.39 is 10.0 Å². The number of pyridine rings is 1. The van der Waals surface area contributed by atoms with Gasteiger partial charge in [0.25, 0.3) is 0 Å². The fourth-order valence-electron chi connectivity index (χ4n) is 2.75. The van der Waals surface area contributed by atoms with Gasteiger partial charge in [-0.05, 0) is 23.8 Å². The maximum atomic E-state index is 12.0. The second-order valence-electron chi connectivity index (χ2n) is 6.46. The van der Waals surface area contributed by atoms with Crippen LogP contribution < -0.4 is 14.9 Å². The van der Waals surface area contributed by atoms with Gasteiger partial charge in [-0.25, -0.2) is 18.1 Å². The number of carbonyl (C=O) groups is 1. The van der Waals surface area contributed by atoms with E-state index in [0.29, 0.717) is 18.9 Å². The molecule has 0 radical (unpaired) electrons. The van der Waals surface area contributed by atoms with Crippen LogP contribution in [-0.4, -0.2) is 52.2 Å². The van der Waals surface area contributed by atoms with Crippen LogP contribution in [-0.2, 0) is 19.6 Å². The van der Waals surface area contributed by atoms with Crippen molar-refractivity contribution in [2.45, 2.75) is 6.42 Å². The SMILES string of the molecule is O=C(CCNS(=O)(=O)/C=C/c1ccccc1)Nc1ccc(N2CCOCC2)nc1. The molecule has 1 amide bonds. The average molecular weight is 417 g/mol. The molecule has 9 heteroatoms. The molecule has 0 bridgehead atoms. The number of sulfonamides is 1. The van der Waals surface area contributed by atoms with E-state index >= 15 is 0 Å². The first kappa shape index (κ1) is 21.0. The Hall–Kier alpha value is -2.75. The molecule has 8 nitrogen and oxygen atoms in total. The van der Waals surface area contributed by atoms with Crippen LogP contribution in [0.15, 0.2) is 54.1 Å². The van der Waals surface area contributed by atoms with Gasteiger partial charge in [-0.3, -0.25) is 4.79 Å². The lowest BCUT2D eigenvalue weighted by molar-refractivity contribution is -0.116. The quantitative estimate of drug-likeness (QED) is 0.681. The lowest BCUT2D eigenvalue weighted by Gasteiger charge is -2.27. The summed E-state index contributed by atoms with van der Waals surface area (Å²) in [5.41, 5.74) is 1.35. The third-order valence-corrected chi connectivity index (χ3v) is 5.36. The van der Waals surface area contributed by atoms with Gasteiger partial charge in [0, 0.05) is 31.5 Å². The second kappa shape index (κ2) is 10.1. The third kappa shape index (κ3) is 6.97. The number of carbonyl (C=O) groups excluding carboxylic acids is 1. The molecule has 0 saturated carbocycles. The zero-order valence-corrected chi connectivity index (χ0v) is 16.8. The number of nitrogens with one attached hydrogen (secondary N) is 2. The summed E-state index contributed by atoms with van der Waals surface area (Å²) in [5, 5.41) is 3.81. The molecule has 1 aliphatic rings. The van der Waals surface area contributed by atoms with Crippen molar-refractivity contribution in [1.82, 2.24) is 9.71 Å². The number of ether oxygens (including phenoxy) is 1. The zero-order valence-electron chi connectivity index (χ0n) is 16.0. The smallest absolute Gasteiger partial charge is 0.233 e. The van der Waals surface area contributed by atoms with E-state index in [4.69, 9.17) is 4.74 Å². The number of morpholine rings is 1. The largest absolute Gasteiger partial charge is 0.378 e. The van der Waals surface area contributed by atoms with E-state index in [0.717, 1.165) is 29.9 Å². The fourth-order valence-corrected chi connectivity index (χ4v) is 3.57. The van der Waals surface area contributed by atoms with Crippen molar-refractivity contribution in [3.8, 4) is 0 Å². The molecule has 0 aliphatic carbocycles. The number of anilines is 2. The highest BCUT2D eigenvalue weighted by Gasteiger charge is 2.12. The van der Waals surface area contributed by atoms with Gasteiger partial charge < -0.3 is 15.0 Å². The Morgan fingerprint density at radius 2 is 1.90 bits per heavy atom. The van der Waals surface area contributed by atoms with Gasteiger partial charge in [-0.1, -0.05) is 30.3 Å². The molecule has 2 aromatic rings. The summed E-state index contributed by atoms with van der Waals surface area (Å²) in [6.45, 7) is 2.94. The summed E-state index contributed by atoms with van der Waals surface area (Å²) in [5.74, 6) is 0.546.